The number of carbonyl (C=O) groups is 2. The molecule has 0 bridgehead atoms. The van der Waals surface area contributed by atoms with Gasteiger partial charge in [0.15, 0.2) is 5.78 Å². The molecular weight excluding hydrogens is 232 g/mol. The van der Waals surface area contributed by atoms with Gasteiger partial charge in [0.1, 0.15) is 5.75 Å². The molecule has 0 fully saturated rings. The first-order valence-corrected chi connectivity index (χ1v) is 6.01. The average Bonchev–Trinajstić information content (AvgIpc) is 2.34. The van der Waals surface area contributed by atoms with Crippen molar-refractivity contribution in [2.45, 2.75) is 27.2 Å². The number of Topliss-reactive ketones (excluding diaryl/α,β-unsaturated/α-hetero) is 1. The molecule has 4 nitrogen and oxygen atoms in total. The molecule has 0 aromatic heterocycles. The average molecular weight is 250 g/mol. The summed E-state index contributed by atoms with van der Waals surface area (Å²) in [5, 5.41) is 9.07. The summed E-state index contributed by atoms with van der Waals surface area (Å²) in [6, 6.07) is 4.51. The van der Waals surface area contributed by atoms with Crippen LogP contribution in [0.2, 0.25) is 0 Å². The predicted octanol–water partition coefficient (Wildman–Crippen LogP) is 3.01. The summed E-state index contributed by atoms with van der Waals surface area (Å²) in [4.78, 5) is 23.1. The van der Waals surface area contributed by atoms with Gasteiger partial charge >= 0.3 is 5.97 Å². The fourth-order valence-corrected chi connectivity index (χ4v) is 1.53. The van der Waals surface area contributed by atoms with Crippen molar-refractivity contribution in [1.29, 1.82) is 0 Å². The van der Waals surface area contributed by atoms with Crippen LogP contribution in [0.5, 0.6) is 5.75 Å². The van der Waals surface area contributed by atoms with Crippen LogP contribution < -0.4 is 4.74 Å². The molecule has 0 atom stereocenters. The Hall–Kier alpha value is -1.84. The monoisotopic (exact) mass is 250 g/mol. The number of benzene rings is 1. The van der Waals surface area contributed by atoms with Crippen LogP contribution in [0.15, 0.2) is 18.2 Å². The lowest BCUT2D eigenvalue weighted by molar-refractivity contribution is 0.0690. The number of aromatic carboxylic acids is 1. The number of ether oxygens (including phenoxy) is 1. The van der Waals surface area contributed by atoms with Gasteiger partial charge in [0, 0.05) is 11.5 Å². The van der Waals surface area contributed by atoms with E-state index in [0.717, 1.165) is 6.42 Å². The van der Waals surface area contributed by atoms with Crippen LogP contribution in [-0.2, 0) is 0 Å². The van der Waals surface area contributed by atoms with Crippen molar-refractivity contribution >= 4 is 11.8 Å². The summed E-state index contributed by atoms with van der Waals surface area (Å²) in [7, 11) is 0. The minimum absolute atomic E-state index is 0.0255. The third kappa shape index (κ3) is 3.32. The molecule has 0 radical (unpaired) electrons. The maximum Gasteiger partial charge on any atom is 0.336 e. The van der Waals surface area contributed by atoms with Crippen molar-refractivity contribution in [1.82, 2.24) is 0 Å². The van der Waals surface area contributed by atoms with Crippen LogP contribution in [0.1, 0.15) is 47.9 Å². The first-order valence-electron chi connectivity index (χ1n) is 6.01. The Morgan fingerprint density at radius 2 is 1.94 bits per heavy atom. The van der Waals surface area contributed by atoms with Crippen LogP contribution in [0.3, 0.4) is 0 Å². The zero-order valence-corrected chi connectivity index (χ0v) is 10.9. The predicted molar refractivity (Wildman–Crippen MR) is 68.4 cm³/mol. The van der Waals surface area contributed by atoms with Crippen LogP contribution >= 0.6 is 0 Å². The van der Waals surface area contributed by atoms with Crippen molar-refractivity contribution in [3.05, 3.63) is 29.3 Å². The zero-order chi connectivity index (χ0) is 13.7. The Balaban J connectivity index is 3.15. The Morgan fingerprint density at radius 1 is 1.28 bits per heavy atom. The molecular formula is C14H18O4. The SMILES string of the molecule is CCCOc1ccc(C(=O)O)c(C(=O)C(C)C)c1. The number of ketones is 1. The largest absolute Gasteiger partial charge is 0.494 e. The van der Waals surface area contributed by atoms with Gasteiger partial charge in [0.05, 0.1) is 12.2 Å². The third-order valence-corrected chi connectivity index (χ3v) is 2.48. The highest BCUT2D eigenvalue weighted by atomic mass is 16.5. The molecule has 4 heteroatoms. The second-order valence-electron chi connectivity index (χ2n) is 4.38. The molecule has 98 valence electrons. The second kappa shape index (κ2) is 6.19. The molecule has 0 aliphatic rings. The van der Waals surface area contributed by atoms with Crippen LogP contribution in [0, 0.1) is 5.92 Å². The molecule has 0 aliphatic carbocycles. The van der Waals surface area contributed by atoms with Gasteiger partial charge in [-0.05, 0) is 24.6 Å². The van der Waals surface area contributed by atoms with Gasteiger partial charge in [-0.2, -0.15) is 0 Å². The Labute approximate surface area is 107 Å². The standard InChI is InChI=1S/C14H18O4/c1-4-7-18-10-5-6-11(14(16)17)12(8-10)13(15)9(2)3/h5-6,8-9H,4,7H2,1-3H3,(H,16,17). The molecule has 0 aliphatic heterocycles. The summed E-state index contributed by atoms with van der Waals surface area (Å²) in [6.45, 7) is 6.01. The van der Waals surface area contributed by atoms with E-state index in [-0.39, 0.29) is 22.8 Å². The van der Waals surface area contributed by atoms with E-state index < -0.39 is 5.97 Å². The Bertz CT molecular complexity index is 449. The van der Waals surface area contributed by atoms with E-state index in [9.17, 15) is 9.59 Å². The van der Waals surface area contributed by atoms with Crippen molar-refractivity contribution in [3.63, 3.8) is 0 Å². The number of hydrogen-bond donors (Lipinski definition) is 1. The van der Waals surface area contributed by atoms with Crippen molar-refractivity contribution in [2.75, 3.05) is 6.61 Å². The van der Waals surface area contributed by atoms with E-state index >= 15 is 0 Å². The number of carboxylic acids is 1. The molecule has 1 rings (SSSR count). The summed E-state index contributed by atoms with van der Waals surface area (Å²) in [6.07, 6.45) is 0.855. The van der Waals surface area contributed by atoms with Gasteiger partial charge in [-0.3, -0.25) is 4.79 Å². The Morgan fingerprint density at radius 3 is 2.44 bits per heavy atom. The minimum atomic E-state index is -1.10. The van der Waals surface area contributed by atoms with Gasteiger partial charge in [0.25, 0.3) is 0 Å². The third-order valence-electron chi connectivity index (χ3n) is 2.48. The van der Waals surface area contributed by atoms with Crippen LogP contribution in [0.4, 0.5) is 0 Å². The molecule has 1 aromatic carbocycles. The number of carbonyl (C=O) groups excluding carboxylic acids is 1. The minimum Gasteiger partial charge on any atom is -0.494 e. The summed E-state index contributed by atoms with van der Waals surface area (Å²) < 4.78 is 5.42. The molecule has 0 amide bonds. The van der Waals surface area contributed by atoms with Crippen LogP contribution in [0.25, 0.3) is 0 Å². The van der Waals surface area contributed by atoms with Crippen molar-refractivity contribution < 1.29 is 19.4 Å². The van der Waals surface area contributed by atoms with Gasteiger partial charge < -0.3 is 9.84 Å². The summed E-state index contributed by atoms with van der Waals surface area (Å²) in [5.41, 5.74) is 0.239. The first kappa shape index (κ1) is 14.2. The number of carboxylic acid groups (broad SMARTS) is 1. The van der Waals surface area contributed by atoms with Crippen molar-refractivity contribution in [3.8, 4) is 5.75 Å². The van der Waals surface area contributed by atoms with E-state index in [1.165, 1.54) is 12.1 Å². The maximum absolute atomic E-state index is 12.0. The van der Waals surface area contributed by atoms with E-state index in [2.05, 4.69) is 0 Å². The summed E-state index contributed by atoms with van der Waals surface area (Å²) in [5.74, 6) is -0.995. The second-order valence-corrected chi connectivity index (χ2v) is 4.38. The zero-order valence-electron chi connectivity index (χ0n) is 10.9. The Kier molecular flexibility index (Phi) is 4.89. The van der Waals surface area contributed by atoms with Gasteiger partial charge in [-0.1, -0.05) is 20.8 Å². The molecule has 18 heavy (non-hydrogen) atoms. The lowest BCUT2D eigenvalue weighted by atomic mass is 9.96. The molecule has 0 saturated heterocycles. The maximum atomic E-state index is 12.0. The fraction of sp³-hybridized carbons (Fsp3) is 0.429. The van der Waals surface area contributed by atoms with Gasteiger partial charge in [-0.15, -0.1) is 0 Å². The van der Waals surface area contributed by atoms with Gasteiger partial charge in [0.2, 0.25) is 0 Å². The number of rotatable bonds is 6. The van der Waals surface area contributed by atoms with E-state index in [4.69, 9.17) is 9.84 Å². The number of hydrogen-bond acceptors (Lipinski definition) is 3. The van der Waals surface area contributed by atoms with Gasteiger partial charge in [-0.25, -0.2) is 4.79 Å². The molecule has 0 spiro atoms. The van der Waals surface area contributed by atoms with Crippen LogP contribution in [-0.4, -0.2) is 23.5 Å². The lowest BCUT2D eigenvalue weighted by Crippen LogP contribution is -2.13. The van der Waals surface area contributed by atoms with E-state index in [1.54, 1.807) is 19.9 Å². The lowest BCUT2D eigenvalue weighted by Gasteiger charge is -2.11. The highest BCUT2D eigenvalue weighted by molar-refractivity contribution is 6.06. The quantitative estimate of drug-likeness (QED) is 0.788. The summed E-state index contributed by atoms with van der Waals surface area (Å²) >= 11 is 0. The highest BCUT2D eigenvalue weighted by Crippen LogP contribution is 2.21. The normalized spacial score (nSPS) is 10.4. The van der Waals surface area contributed by atoms with E-state index in [1.807, 2.05) is 6.92 Å². The molecule has 0 unspecified atom stereocenters. The molecule has 0 heterocycles. The highest BCUT2D eigenvalue weighted by Gasteiger charge is 2.19. The smallest absolute Gasteiger partial charge is 0.336 e. The van der Waals surface area contributed by atoms with Crippen molar-refractivity contribution in [2.24, 2.45) is 5.92 Å². The topological polar surface area (TPSA) is 63.6 Å². The fourth-order valence-electron chi connectivity index (χ4n) is 1.53. The van der Waals surface area contributed by atoms with E-state index in [0.29, 0.717) is 12.4 Å². The molecule has 0 saturated carbocycles. The first-order chi connectivity index (χ1) is 8.47. The molecule has 1 N–H and O–H groups in total. The molecule has 1 aromatic rings.